The standard InChI is InChI=1S/C13H8ClN3/c14-13-8-15-7-12(17-13)10-3-4-11-9(6-10)2-1-5-16-11/h1-8H. The van der Waals surface area contributed by atoms with E-state index in [-0.39, 0.29) is 0 Å². The van der Waals surface area contributed by atoms with Gasteiger partial charge >= 0.3 is 0 Å². The van der Waals surface area contributed by atoms with Crippen LogP contribution in [0.4, 0.5) is 0 Å². The number of hydrogen-bond donors (Lipinski definition) is 0. The van der Waals surface area contributed by atoms with Crippen LogP contribution in [0.2, 0.25) is 5.15 Å². The third kappa shape index (κ3) is 1.97. The lowest BCUT2D eigenvalue weighted by molar-refractivity contribution is 1.21. The lowest BCUT2D eigenvalue weighted by Crippen LogP contribution is -1.86. The highest BCUT2D eigenvalue weighted by molar-refractivity contribution is 6.29. The van der Waals surface area contributed by atoms with Gasteiger partial charge in [0.25, 0.3) is 0 Å². The molecule has 0 spiro atoms. The first-order valence-electron chi connectivity index (χ1n) is 5.16. The van der Waals surface area contributed by atoms with Crippen LogP contribution in [0.1, 0.15) is 0 Å². The summed E-state index contributed by atoms with van der Waals surface area (Å²) in [6.07, 6.45) is 5.00. The Bertz CT molecular complexity index is 682. The molecule has 0 bridgehead atoms. The molecule has 17 heavy (non-hydrogen) atoms. The minimum atomic E-state index is 0.397. The Balaban J connectivity index is 2.18. The Morgan fingerprint density at radius 1 is 1.06 bits per heavy atom. The number of aromatic nitrogens is 3. The number of benzene rings is 1. The summed E-state index contributed by atoms with van der Waals surface area (Å²) in [6, 6.07) is 9.89. The predicted octanol–water partition coefficient (Wildman–Crippen LogP) is 3.35. The van der Waals surface area contributed by atoms with Gasteiger partial charge in [-0.1, -0.05) is 23.7 Å². The molecule has 3 nitrogen and oxygen atoms in total. The Morgan fingerprint density at radius 2 is 2.00 bits per heavy atom. The van der Waals surface area contributed by atoms with Crippen LogP contribution < -0.4 is 0 Å². The van der Waals surface area contributed by atoms with Gasteiger partial charge in [0.2, 0.25) is 0 Å². The normalized spacial score (nSPS) is 10.6. The van der Waals surface area contributed by atoms with Gasteiger partial charge in [-0.15, -0.1) is 0 Å². The zero-order valence-corrected chi connectivity index (χ0v) is 9.59. The molecule has 1 aromatic carbocycles. The van der Waals surface area contributed by atoms with E-state index in [0.717, 1.165) is 22.2 Å². The van der Waals surface area contributed by atoms with E-state index in [1.165, 1.54) is 6.20 Å². The van der Waals surface area contributed by atoms with Crippen LogP contribution in [0.25, 0.3) is 22.2 Å². The summed E-state index contributed by atoms with van der Waals surface area (Å²) in [6.45, 7) is 0. The van der Waals surface area contributed by atoms with Crippen LogP contribution in [0, 0.1) is 0 Å². The summed E-state index contributed by atoms with van der Waals surface area (Å²) in [4.78, 5) is 12.5. The molecule has 2 aromatic heterocycles. The molecular formula is C13H8ClN3. The first-order chi connectivity index (χ1) is 8.33. The molecular weight excluding hydrogens is 234 g/mol. The van der Waals surface area contributed by atoms with Gasteiger partial charge < -0.3 is 0 Å². The summed E-state index contributed by atoms with van der Waals surface area (Å²) < 4.78 is 0. The number of hydrogen-bond acceptors (Lipinski definition) is 3. The first-order valence-corrected chi connectivity index (χ1v) is 5.53. The molecule has 0 aliphatic rings. The fourth-order valence-electron chi connectivity index (χ4n) is 1.72. The topological polar surface area (TPSA) is 38.7 Å². The molecule has 0 saturated carbocycles. The van der Waals surface area contributed by atoms with Gasteiger partial charge in [0.15, 0.2) is 0 Å². The van der Waals surface area contributed by atoms with Crippen LogP contribution >= 0.6 is 11.6 Å². The second-order valence-electron chi connectivity index (χ2n) is 3.64. The van der Waals surface area contributed by atoms with Gasteiger partial charge in [0.05, 0.1) is 23.6 Å². The van der Waals surface area contributed by atoms with E-state index >= 15 is 0 Å². The lowest BCUT2D eigenvalue weighted by atomic mass is 10.1. The Kier molecular flexibility index (Phi) is 2.46. The largest absolute Gasteiger partial charge is 0.259 e. The smallest absolute Gasteiger partial charge is 0.148 e. The lowest BCUT2D eigenvalue weighted by Gasteiger charge is -2.02. The van der Waals surface area contributed by atoms with Crippen molar-refractivity contribution in [2.75, 3.05) is 0 Å². The van der Waals surface area contributed by atoms with Crippen molar-refractivity contribution in [3.05, 3.63) is 54.1 Å². The zero-order chi connectivity index (χ0) is 11.7. The average molecular weight is 242 g/mol. The average Bonchev–Trinajstić information content (AvgIpc) is 2.38. The van der Waals surface area contributed by atoms with Crippen LogP contribution in [0.15, 0.2) is 48.9 Å². The maximum Gasteiger partial charge on any atom is 0.148 e. The fraction of sp³-hybridized carbons (Fsp3) is 0. The summed E-state index contributed by atoms with van der Waals surface area (Å²) in [5.41, 5.74) is 2.72. The Morgan fingerprint density at radius 3 is 2.88 bits per heavy atom. The third-order valence-corrected chi connectivity index (χ3v) is 2.69. The molecule has 0 fully saturated rings. The van der Waals surface area contributed by atoms with Crippen molar-refractivity contribution < 1.29 is 0 Å². The van der Waals surface area contributed by atoms with Gasteiger partial charge in [0, 0.05) is 17.1 Å². The first kappa shape index (κ1) is 10.2. The minimum absolute atomic E-state index is 0.397. The van der Waals surface area contributed by atoms with E-state index in [9.17, 15) is 0 Å². The van der Waals surface area contributed by atoms with Crippen LogP contribution in [-0.2, 0) is 0 Å². The predicted molar refractivity (Wildman–Crippen MR) is 67.8 cm³/mol. The van der Waals surface area contributed by atoms with E-state index in [1.54, 1.807) is 12.4 Å². The molecule has 2 heterocycles. The maximum absolute atomic E-state index is 5.83. The Hall–Kier alpha value is -2.00. The molecule has 0 amide bonds. The molecule has 3 aromatic rings. The van der Waals surface area contributed by atoms with Gasteiger partial charge in [-0.2, -0.15) is 0 Å². The van der Waals surface area contributed by atoms with Crippen LogP contribution in [0.3, 0.4) is 0 Å². The maximum atomic E-state index is 5.83. The summed E-state index contributed by atoms with van der Waals surface area (Å²) >= 11 is 5.83. The highest BCUT2D eigenvalue weighted by Gasteiger charge is 2.02. The summed E-state index contributed by atoms with van der Waals surface area (Å²) in [7, 11) is 0. The third-order valence-electron chi connectivity index (χ3n) is 2.50. The summed E-state index contributed by atoms with van der Waals surface area (Å²) in [5.74, 6) is 0. The molecule has 0 saturated heterocycles. The number of halogens is 1. The SMILES string of the molecule is Clc1cncc(-c2ccc3ncccc3c2)n1. The van der Waals surface area contributed by atoms with E-state index in [0.29, 0.717) is 5.15 Å². The summed E-state index contributed by atoms with van der Waals surface area (Å²) in [5, 5.41) is 1.47. The molecule has 3 rings (SSSR count). The number of pyridine rings is 1. The molecule has 0 atom stereocenters. The van der Waals surface area contributed by atoms with E-state index < -0.39 is 0 Å². The molecule has 0 radical (unpaired) electrons. The van der Waals surface area contributed by atoms with Crippen LogP contribution in [0.5, 0.6) is 0 Å². The second-order valence-corrected chi connectivity index (χ2v) is 4.03. The minimum Gasteiger partial charge on any atom is -0.259 e. The molecule has 82 valence electrons. The monoisotopic (exact) mass is 241 g/mol. The highest BCUT2D eigenvalue weighted by Crippen LogP contribution is 2.22. The van der Waals surface area contributed by atoms with Crippen molar-refractivity contribution in [3.63, 3.8) is 0 Å². The number of rotatable bonds is 1. The van der Waals surface area contributed by atoms with Gasteiger partial charge in [-0.25, -0.2) is 4.98 Å². The van der Waals surface area contributed by atoms with Crippen molar-refractivity contribution in [3.8, 4) is 11.3 Å². The molecule has 4 heteroatoms. The second kappa shape index (κ2) is 4.11. The fourth-order valence-corrected chi connectivity index (χ4v) is 1.86. The van der Waals surface area contributed by atoms with Crippen molar-refractivity contribution in [1.82, 2.24) is 15.0 Å². The molecule has 0 unspecified atom stereocenters. The van der Waals surface area contributed by atoms with Crippen molar-refractivity contribution in [2.45, 2.75) is 0 Å². The molecule has 0 aliphatic heterocycles. The van der Waals surface area contributed by atoms with Gasteiger partial charge in [-0.3, -0.25) is 9.97 Å². The van der Waals surface area contributed by atoms with Gasteiger partial charge in [0.1, 0.15) is 5.15 Å². The van der Waals surface area contributed by atoms with E-state index in [2.05, 4.69) is 15.0 Å². The molecule has 0 aliphatic carbocycles. The number of fused-ring (bicyclic) bond motifs is 1. The van der Waals surface area contributed by atoms with Gasteiger partial charge in [-0.05, 0) is 18.2 Å². The van der Waals surface area contributed by atoms with Crippen LogP contribution in [-0.4, -0.2) is 15.0 Å². The highest BCUT2D eigenvalue weighted by atomic mass is 35.5. The van der Waals surface area contributed by atoms with Crippen molar-refractivity contribution >= 4 is 22.5 Å². The Labute approximate surface area is 103 Å². The zero-order valence-electron chi connectivity index (χ0n) is 8.84. The quantitative estimate of drug-likeness (QED) is 0.656. The van der Waals surface area contributed by atoms with E-state index in [4.69, 9.17) is 11.6 Å². The van der Waals surface area contributed by atoms with Crippen molar-refractivity contribution in [2.24, 2.45) is 0 Å². The van der Waals surface area contributed by atoms with E-state index in [1.807, 2.05) is 30.3 Å². The number of nitrogens with zero attached hydrogens (tertiary/aromatic N) is 3. The molecule has 0 N–H and O–H groups in total. The van der Waals surface area contributed by atoms with Crippen molar-refractivity contribution in [1.29, 1.82) is 0 Å².